The van der Waals surface area contributed by atoms with Crippen molar-refractivity contribution in [2.24, 2.45) is 5.92 Å². The molecule has 128 valence electrons. The topological polar surface area (TPSA) is 66.5 Å². The molecule has 1 aliphatic carbocycles. The Balaban J connectivity index is 2.42. The molecule has 1 N–H and O–H groups in total. The Labute approximate surface area is 146 Å². The molecule has 1 fully saturated rings. The molecule has 1 aromatic carbocycles. The van der Waals surface area contributed by atoms with Gasteiger partial charge in [0, 0.05) is 43.2 Å². The maximum atomic E-state index is 12.9. The van der Waals surface area contributed by atoms with Crippen LogP contribution in [0, 0.1) is 5.92 Å². The van der Waals surface area contributed by atoms with Crippen LogP contribution < -0.4 is 5.32 Å². The molecule has 1 saturated carbocycles. The number of carbonyl (C=O) groups excluding carboxylic acids is 3. The van der Waals surface area contributed by atoms with E-state index in [1.165, 1.54) is 6.07 Å². The Kier molecular flexibility index (Phi) is 5.78. The molecule has 0 bridgehead atoms. The van der Waals surface area contributed by atoms with E-state index in [1.807, 2.05) is 0 Å². The van der Waals surface area contributed by atoms with Crippen LogP contribution in [-0.4, -0.2) is 36.5 Å². The predicted octanol–water partition coefficient (Wildman–Crippen LogP) is 3.30. The lowest BCUT2D eigenvalue weighted by Crippen LogP contribution is -2.20. The molecule has 1 aliphatic rings. The summed E-state index contributed by atoms with van der Waals surface area (Å²) in [6.07, 6.45) is 3.46. The molecular formula is C18H21ClN2O3. The number of nitrogens with zero attached hydrogens (tertiary/aromatic N) is 1. The number of halogens is 1. The summed E-state index contributed by atoms with van der Waals surface area (Å²) < 4.78 is 0. The van der Waals surface area contributed by atoms with Gasteiger partial charge in [0.1, 0.15) is 0 Å². The maximum absolute atomic E-state index is 12.9. The average molecular weight is 349 g/mol. The molecule has 1 aromatic rings. The summed E-state index contributed by atoms with van der Waals surface area (Å²) in [6, 6.07) is 4.64. The van der Waals surface area contributed by atoms with Crippen LogP contribution in [0.1, 0.15) is 36.5 Å². The molecule has 1 amide bonds. The second-order valence-corrected chi connectivity index (χ2v) is 6.50. The van der Waals surface area contributed by atoms with Gasteiger partial charge in [0.05, 0.1) is 11.3 Å². The number of benzene rings is 1. The zero-order valence-corrected chi connectivity index (χ0v) is 14.8. The van der Waals surface area contributed by atoms with Crippen molar-refractivity contribution in [2.75, 3.05) is 19.4 Å². The van der Waals surface area contributed by atoms with Gasteiger partial charge in [-0.2, -0.15) is 0 Å². The quantitative estimate of drug-likeness (QED) is 0.355. The minimum absolute atomic E-state index is 0.0684. The lowest BCUT2D eigenvalue weighted by Gasteiger charge is -2.14. The van der Waals surface area contributed by atoms with E-state index < -0.39 is 5.78 Å². The van der Waals surface area contributed by atoms with E-state index in [1.54, 1.807) is 44.3 Å². The number of rotatable bonds is 7. The molecule has 0 radical (unpaired) electrons. The summed E-state index contributed by atoms with van der Waals surface area (Å²) in [6.45, 7) is 1.72. The van der Waals surface area contributed by atoms with Gasteiger partial charge in [-0.25, -0.2) is 0 Å². The molecule has 0 heterocycles. The van der Waals surface area contributed by atoms with Gasteiger partial charge < -0.3 is 10.2 Å². The molecule has 0 saturated heterocycles. The SMILES string of the molecule is CCC(=O)Nc1cc(Cl)ccc1C(=O)C(=CN(C)C)C(=O)C1CC1. The summed E-state index contributed by atoms with van der Waals surface area (Å²) in [5, 5.41) is 3.08. The summed E-state index contributed by atoms with van der Waals surface area (Å²) in [5.41, 5.74) is 0.729. The normalized spacial score (nSPS) is 14.2. The minimum atomic E-state index is -0.399. The van der Waals surface area contributed by atoms with E-state index in [9.17, 15) is 14.4 Å². The maximum Gasteiger partial charge on any atom is 0.224 e. The Morgan fingerprint density at radius 2 is 1.96 bits per heavy atom. The molecule has 24 heavy (non-hydrogen) atoms. The van der Waals surface area contributed by atoms with Crippen molar-refractivity contribution in [3.8, 4) is 0 Å². The zero-order chi connectivity index (χ0) is 17.9. The minimum Gasteiger partial charge on any atom is -0.383 e. The third kappa shape index (κ3) is 4.45. The smallest absolute Gasteiger partial charge is 0.224 e. The number of ketones is 2. The predicted molar refractivity (Wildman–Crippen MR) is 94.2 cm³/mol. The second kappa shape index (κ2) is 7.62. The van der Waals surface area contributed by atoms with Crippen molar-refractivity contribution < 1.29 is 14.4 Å². The van der Waals surface area contributed by atoms with Gasteiger partial charge in [-0.3, -0.25) is 14.4 Å². The van der Waals surface area contributed by atoms with Crippen molar-refractivity contribution in [1.29, 1.82) is 0 Å². The summed E-state index contributed by atoms with van der Waals surface area (Å²) in [7, 11) is 3.52. The first-order valence-electron chi connectivity index (χ1n) is 7.90. The molecule has 0 aliphatic heterocycles. The number of Topliss-reactive ketones (excluding diaryl/α,β-unsaturated/α-hetero) is 2. The molecule has 0 spiro atoms. The zero-order valence-electron chi connectivity index (χ0n) is 14.1. The highest BCUT2D eigenvalue weighted by Gasteiger charge is 2.35. The fourth-order valence-electron chi connectivity index (χ4n) is 2.26. The van der Waals surface area contributed by atoms with Crippen LogP contribution in [0.4, 0.5) is 5.69 Å². The van der Waals surface area contributed by atoms with Crippen LogP contribution in [0.2, 0.25) is 5.02 Å². The van der Waals surface area contributed by atoms with E-state index in [4.69, 9.17) is 11.6 Å². The number of anilines is 1. The van der Waals surface area contributed by atoms with E-state index in [0.717, 1.165) is 12.8 Å². The van der Waals surface area contributed by atoms with Crippen LogP contribution in [0.3, 0.4) is 0 Å². The molecule has 6 heteroatoms. The largest absolute Gasteiger partial charge is 0.383 e. The van der Waals surface area contributed by atoms with Gasteiger partial charge in [0.25, 0.3) is 0 Å². The number of hydrogen-bond donors (Lipinski definition) is 1. The third-order valence-corrected chi connectivity index (χ3v) is 3.90. The van der Waals surface area contributed by atoms with Gasteiger partial charge in [0.15, 0.2) is 11.6 Å². The van der Waals surface area contributed by atoms with Crippen LogP contribution in [0.25, 0.3) is 0 Å². The second-order valence-electron chi connectivity index (χ2n) is 6.07. The summed E-state index contributed by atoms with van der Waals surface area (Å²) in [4.78, 5) is 38.8. The van der Waals surface area contributed by atoms with Crippen molar-refractivity contribution in [3.63, 3.8) is 0 Å². The van der Waals surface area contributed by atoms with Crippen molar-refractivity contribution in [2.45, 2.75) is 26.2 Å². The van der Waals surface area contributed by atoms with Gasteiger partial charge in [0.2, 0.25) is 5.91 Å². The van der Waals surface area contributed by atoms with E-state index in [0.29, 0.717) is 10.7 Å². The molecule has 2 rings (SSSR count). The van der Waals surface area contributed by atoms with Gasteiger partial charge >= 0.3 is 0 Å². The molecule has 0 atom stereocenters. The van der Waals surface area contributed by atoms with Crippen LogP contribution in [0.5, 0.6) is 0 Å². The fourth-order valence-corrected chi connectivity index (χ4v) is 2.43. The Hall–Kier alpha value is -2.14. The molecular weight excluding hydrogens is 328 g/mol. The highest BCUT2D eigenvalue weighted by molar-refractivity contribution is 6.32. The summed E-state index contributed by atoms with van der Waals surface area (Å²) >= 11 is 5.98. The first-order valence-corrected chi connectivity index (χ1v) is 8.27. The highest BCUT2D eigenvalue weighted by Crippen LogP contribution is 2.34. The molecule has 0 aromatic heterocycles. The first kappa shape index (κ1) is 18.2. The Morgan fingerprint density at radius 3 is 2.50 bits per heavy atom. The van der Waals surface area contributed by atoms with Crippen molar-refractivity contribution in [1.82, 2.24) is 4.90 Å². The highest BCUT2D eigenvalue weighted by atomic mass is 35.5. The summed E-state index contributed by atoms with van der Waals surface area (Å²) in [5.74, 6) is -0.834. The van der Waals surface area contributed by atoms with E-state index in [-0.39, 0.29) is 35.2 Å². The van der Waals surface area contributed by atoms with Crippen molar-refractivity contribution >= 4 is 34.8 Å². The van der Waals surface area contributed by atoms with Gasteiger partial charge in [-0.1, -0.05) is 18.5 Å². The number of allylic oxidation sites excluding steroid dienone is 1. The monoisotopic (exact) mass is 348 g/mol. The van der Waals surface area contributed by atoms with Gasteiger partial charge in [-0.05, 0) is 31.0 Å². The Bertz CT molecular complexity index is 706. The van der Waals surface area contributed by atoms with Crippen LogP contribution >= 0.6 is 11.6 Å². The molecule has 0 unspecified atom stereocenters. The molecule has 5 nitrogen and oxygen atoms in total. The number of carbonyl (C=O) groups is 3. The van der Waals surface area contributed by atoms with Crippen LogP contribution in [0.15, 0.2) is 30.0 Å². The lowest BCUT2D eigenvalue weighted by atomic mass is 9.97. The first-order chi connectivity index (χ1) is 11.3. The number of hydrogen-bond acceptors (Lipinski definition) is 4. The number of nitrogens with one attached hydrogen (secondary N) is 1. The third-order valence-electron chi connectivity index (χ3n) is 3.67. The lowest BCUT2D eigenvalue weighted by molar-refractivity contribution is -0.117. The fraction of sp³-hybridized carbons (Fsp3) is 0.389. The Morgan fingerprint density at radius 1 is 1.29 bits per heavy atom. The van der Waals surface area contributed by atoms with E-state index in [2.05, 4.69) is 5.32 Å². The standard InChI is InChI=1S/C18H21ClN2O3/c1-4-16(22)20-15-9-12(19)7-8-13(15)18(24)14(10-21(2)3)17(23)11-5-6-11/h7-11H,4-6H2,1-3H3,(H,20,22). The van der Waals surface area contributed by atoms with Gasteiger partial charge in [-0.15, -0.1) is 0 Å². The van der Waals surface area contributed by atoms with Crippen molar-refractivity contribution in [3.05, 3.63) is 40.6 Å². The average Bonchev–Trinajstić information content (AvgIpc) is 3.36. The van der Waals surface area contributed by atoms with E-state index >= 15 is 0 Å². The van der Waals surface area contributed by atoms with Crippen LogP contribution in [-0.2, 0) is 9.59 Å². The number of amides is 1.